The SMILES string of the molecule is COC(=O)N[C@H](C(=O)Cc1ccccc1CC[C@@H]1CN[C@H](C2=NC=C(c3ccccc3)C2)CO1)C(c1ccccc1)c1ccccc1. The molecule has 1 amide bonds. The molecule has 4 aromatic rings. The first-order valence-corrected chi connectivity index (χ1v) is 16.3. The molecule has 0 unspecified atom stereocenters. The van der Waals surface area contributed by atoms with E-state index < -0.39 is 12.1 Å². The number of benzene rings is 4. The molecule has 0 radical (unpaired) electrons. The van der Waals surface area contributed by atoms with Crippen molar-refractivity contribution in [3.8, 4) is 0 Å². The number of amides is 1. The summed E-state index contributed by atoms with van der Waals surface area (Å²) >= 11 is 0. The van der Waals surface area contributed by atoms with Crippen molar-refractivity contribution in [3.63, 3.8) is 0 Å². The molecule has 1 saturated heterocycles. The van der Waals surface area contributed by atoms with E-state index in [4.69, 9.17) is 14.5 Å². The molecule has 2 aliphatic rings. The number of morpholine rings is 1. The molecule has 7 heteroatoms. The molecule has 0 spiro atoms. The van der Waals surface area contributed by atoms with Gasteiger partial charge in [0.2, 0.25) is 0 Å². The quantitative estimate of drug-likeness (QED) is 0.187. The van der Waals surface area contributed by atoms with Crippen LogP contribution < -0.4 is 10.6 Å². The van der Waals surface area contributed by atoms with Gasteiger partial charge in [-0.05, 0) is 46.2 Å². The lowest BCUT2D eigenvalue weighted by atomic mass is 9.81. The van der Waals surface area contributed by atoms with Crippen LogP contribution in [0.4, 0.5) is 4.79 Å². The van der Waals surface area contributed by atoms with Crippen LogP contribution in [-0.2, 0) is 27.1 Å². The number of nitrogens with zero attached hydrogens (tertiary/aromatic N) is 1. The second-order valence-corrected chi connectivity index (χ2v) is 12.1. The number of carbonyl (C=O) groups is 2. The summed E-state index contributed by atoms with van der Waals surface area (Å²) in [4.78, 5) is 31.4. The van der Waals surface area contributed by atoms with E-state index in [0.29, 0.717) is 6.61 Å². The number of rotatable bonds is 12. The van der Waals surface area contributed by atoms with E-state index >= 15 is 0 Å². The van der Waals surface area contributed by atoms with Crippen LogP contribution in [-0.4, -0.2) is 56.0 Å². The first-order valence-electron chi connectivity index (χ1n) is 16.3. The molecule has 4 aromatic carbocycles. The molecule has 0 bridgehead atoms. The zero-order valence-electron chi connectivity index (χ0n) is 26.7. The van der Waals surface area contributed by atoms with E-state index in [0.717, 1.165) is 53.8 Å². The summed E-state index contributed by atoms with van der Waals surface area (Å²) in [6, 6.07) is 37.4. The maximum atomic E-state index is 14.2. The molecule has 0 aromatic heterocycles. The summed E-state index contributed by atoms with van der Waals surface area (Å²) in [7, 11) is 1.32. The normalized spacial score (nSPS) is 18.3. The minimum Gasteiger partial charge on any atom is -0.453 e. The molecule has 0 aliphatic carbocycles. The number of methoxy groups -OCH3 is 1. The Morgan fingerprint density at radius 1 is 0.872 bits per heavy atom. The summed E-state index contributed by atoms with van der Waals surface area (Å²) in [6.07, 6.45) is 4.02. The van der Waals surface area contributed by atoms with Gasteiger partial charge in [-0.1, -0.05) is 115 Å². The van der Waals surface area contributed by atoms with Crippen molar-refractivity contribution in [3.05, 3.63) is 149 Å². The standard InChI is InChI=1S/C40H41N3O4/c1-46-40(45)43-39(38(30-16-7-3-8-17-30)31-18-9-4-10-19-31)37(44)24-32-20-12-11-15-29(32)21-22-34-26-42-36(27-47-34)35-23-33(25-41-35)28-13-5-2-6-14-28/h2-20,25,34,36,38-39,42H,21-24,26-27H2,1H3,(H,43,45)/t34-,36+,39-/m1/s1. The van der Waals surface area contributed by atoms with Crippen LogP contribution in [0.3, 0.4) is 0 Å². The first kappa shape index (κ1) is 32.1. The smallest absolute Gasteiger partial charge is 0.407 e. The molecule has 2 N–H and O–H groups in total. The van der Waals surface area contributed by atoms with Crippen molar-refractivity contribution in [1.29, 1.82) is 0 Å². The van der Waals surface area contributed by atoms with Crippen LogP contribution in [0.15, 0.2) is 126 Å². The van der Waals surface area contributed by atoms with Crippen LogP contribution >= 0.6 is 0 Å². The molecular weight excluding hydrogens is 586 g/mol. The lowest BCUT2D eigenvalue weighted by Gasteiger charge is -2.31. The van der Waals surface area contributed by atoms with Crippen molar-refractivity contribution >= 4 is 23.2 Å². The maximum Gasteiger partial charge on any atom is 0.407 e. The highest BCUT2D eigenvalue weighted by Gasteiger charge is 2.33. The van der Waals surface area contributed by atoms with E-state index in [1.807, 2.05) is 91.1 Å². The molecule has 6 rings (SSSR count). The third kappa shape index (κ3) is 8.12. The Balaban J connectivity index is 1.10. The molecule has 2 aliphatic heterocycles. The molecular formula is C40H41N3O4. The van der Waals surface area contributed by atoms with Gasteiger partial charge in [0.25, 0.3) is 0 Å². The fourth-order valence-electron chi connectivity index (χ4n) is 6.53. The van der Waals surface area contributed by atoms with Crippen LogP contribution in [0, 0.1) is 0 Å². The van der Waals surface area contributed by atoms with E-state index in [2.05, 4.69) is 41.0 Å². The number of hydrogen-bond donors (Lipinski definition) is 2. The minimum absolute atomic E-state index is 0.0628. The number of carbonyl (C=O) groups excluding carboxylic acids is 2. The number of nitrogens with one attached hydrogen (secondary N) is 2. The highest BCUT2D eigenvalue weighted by Crippen LogP contribution is 2.30. The van der Waals surface area contributed by atoms with Gasteiger partial charge < -0.3 is 20.1 Å². The number of ketones is 1. The van der Waals surface area contributed by atoms with Crippen LogP contribution in [0.5, 0.6) is 0 Å². The summed E-state index contributed by atoms with van der Waals surface area (Å²) in [5.74, 6) is -0.464. The first-order chi connectivity index (χ1) is 23.1. The van der Waals surface area contributed by atoms with Gasteiger partial charge >= 0.3 is 6.09 Å². The number of alkyl carbamates (subject to hydrolysis) is 1. The average Bonchev–Trinajstić information content (AvgIpc) is 3.63. The Hall–Kier alpha value is -4.85. The van der Waals surface area contributed by atoms with Crippen LogP contribution in [0.25, 0.3) is 5.57 Å². The average molecular weight is 628 g/mol. The third-order valence-electron chi connectivity index (χ3n) is 9.07. The van der Waals surface area contributed by atoms with Crippen LogP contribution in [0.2, 0.25) is 0 Å². The predicted molar refractivity (Wildman–Crippen MR) is 186 cm³/mol. The van der Waals surface area contributed by atoms with Crippen LogP contribution in [0.1, 0.15) is 46.6 Å². The largest absolute Gasteiger partial charge is 0.453 e. The summed E-state index contributed by atoms with van der Waals surface area (Å²) < 4.78 is 11.3. The van der Waals surface area contributed by atoms with Gasteiger partial charge in [-0.15, -0.1) is 0 Å². The van der Waals surface area contributed by atoms with E-state index in [1.165, 1.54) is 18.2 Å². The molecule has 3 atom stereocenters. The van der Waals surface area contributed by atoms with Crippen molar-refractivity contribution in [2.45, 2.75) is 49.8 Å². The fourth-order valence-corrected chi connectivity index (χ4v) is 6.53. The van der Waals surface area contributed by atoms with Gasteiger partial charge in [0.05, 0.1) is 25.9 Å². The number of allylic oxidation sites excluding steroid dienone is 1. The molecule has 47 heavy (non-hydrogen) atoms. The Morgan fingerprint density at radius 2 is 1.49 bits per heavy atom. The van der Waals surface area contributed by atoms with Crippen molar-refractivity contribution in [1.82, 2.24) is 10.6 Å². The predicted octanol–water partition coefficient (Wildman–Crippen LogP) is 6.53. The summed E-state index contributed by atoms with van der Waals surface area (Å²) in [5.41, 5.74) is 7.51. The van der Waals surface area contributed by atoms with E-state index in [-0.39, 0.29) is 30.3 Å². The minimum atomic E-state index is -0.821. The van der Waals surface area contributed by atoms with Gasteiger partial charge in [0, 0.05) is 37.2 Å². The van der Waals surface area contributed by atoms with Crippen molar-refractivity contribution < 1.29 is 19.1 Å². The topological polar surface area (TPSA) is 89.0 Å². The number of Topliss-reactive ketones (excluding diaryl/α,β-unsaturated/α-hetero) is 1. The third-order valence-corrected chi connectivity index (χ3v) is 9.07. The highest BCUT2D eigenvalue weighted by molar-refractivity contribution is 6.01. The van der Waals surface area contributed by atoms with Gasteiger partial charge in [0.15, 0.2) is 5.78 Å². The Kier molecular flexibility index (Phi) is 10.7. The number of aliphatic imine (C=N–C) groups is 1. The Labute approximate surface area is 276 Å². The lowest BCUT2D eigenvalue weighted by molar-refractivity contribution is -0.120. The van der Waals surface area contributed by atoms with Gasteiger partial charge in [0.1, 0.15) is 6.04 Å². The second-order valence-electron chi connectivity index (χ2n) is 12.1. The van der Waals surface area contributed by atoms with Gasteiger partial charge in [-0.2, -0.15) is 0 Å². The monoisotopic (exact) mass is 627 g/mol. The summed E-state index contributed by atoms with van der Waals surface area (Å²) in [5, 5.41) is 6.53. The number of ether oxygens (including phenoxy) is 2. The maximum absolute atomic E-state index is 14.2. The number of aryl methyl sites for hydroxylation is 1. The van der Waals surface area contributed by atoms with E-state index in [9.17, 15) is 9.59 Å². The zero-order valence-corrected chi connectivity index (χ0v) is 26.7. The van der Waals surface area contributed by atoms with E-state index in [1.54, 1.807) is 0 Å². The second kappa shape index (κ2) is 15.6. The zero-order chi connectivity index (χ0) is 32.4. The molecule has 7 nitrogen and oxygen atoms in total. The molecule has 2 heterocycles. The molecule has 0 saturated carbocycles. The number of hydrogen-bond acceptors (Lipinski definition) is 6. The molecule has 1 fully saturated rings. The highest BCUT2D eigenvalue weighted by atomic mass is 16.5. The fraction of sp³-hybridized carbons (Fsp3) is 0.275. The lowest BCUT2D eigenvalue weighted by Crippen LogP contribution is -2.50. The Morgan fingerprint density at radius 3 is 2.11 bits per heavy atom. The van der Waals surface area contributed by atoms with Crippen molar-refractivity contribution in [2.24, 2.45) is 4.99 Å². The van der Waals surface area contributed by atoms with Gasteiger partial charge in [-0.25, -0.2) is 4.79 Å². The Bertz CT molecular complexity index is 1660. The molecule has 240 valence electrons. The van der Waals surface area contributed by atoms with Gasteiger partial charge in [-0.3, -0.25) is 9.79 Å². The summed E-state index contributed by atoms with van der Waals surface area (Å²) in [6.45, 7) is 1.33. The van der Waals surface area contributed by atoms with Crippen molar-refractivity contribution in [2.75, 3.05) is 20.3 Å².